The van der Waals surface area contributed by atoms with Crippen LogP contribution in [0.25, 0.3) is 0 Å². The molecule has 0 bridgehead atoms. The van der Waals surface area contributed by atoms with Crippen molar-refractivity contribution in [2.45, 2.75) is 32.9 Å². The molecule has 1 saturated heterocycles. The molecule has 0 N–H and O–H groups in total. The fourth-order valence-electron chi connectivity index (χ4n) is 2.55. The predicted octanol–water partition coefficient (Wildman–Crippen LogP) is 1.66. The highest BCUT2D eigenvalue weighted by molar-refractivity contribution is 6.05. The fraction of sp³-hybridized carbons (Fsp3) is 0.467. The molecule has 1 aromatic carbocycles. The van der Waals surface area contributed by atoms with Crippen molar-refractivity contribution in [3.8, 4) is 0 Å². The molecule has 19 heavy (non-hydrogen) atoms. The van der Waals surface area contributed by atoms with Gasteiger partial charge in [0.25, 0.3) is 0 Å². The molecule has 1 aromatic rings. The highest BCUT2D eigenvalue weighted by Crippen LogP contribution is 2.20. The van der Waals surface area contributed by atoms with Crippen LogP contribution in [-0.4, -0.2) is 40.7 Å². The number of carbonyl (C=O) groups excluding carboxylic acids is 2. The second-order valence-electron chi connectivity index (χ2n) is 4.74. The van der Waals surface area contributed by atoms with Crippen LogP contribution in [-0.2, 0) is 16.1 Å². The van der Waals surface area contributed by atoms with Crippen molar-refractivity contribution in [3.63, 3.8) is 0 Å². The lowest BCUT2D eigenvalue weighted by atomic mass is 10.2. The van der Waals surface area contributed by atoms with Crippen molar-refractivity contribution >= 4 is 11.8 Å². The fourth-order valence-corrected chi connectivity index (χ4v) is 2.55. The molecular weight excluding hydrogens is 240 g/mol. The van der Waals surface area contributed by atoms with E-state index in [1.165, 1.54) is 4.90 Å². The van der Waals surface area contributed by atoms with E-state index in [4.69, 9.17) is 0 Å². The average molecular weight is 260 g/mol. The molecule has 102 valence electrons. The molecule has 0 spiro atoms. The Morgan fingerprint density at radius 2 is 1.79 bits per heavy atom. The molecule has 1 heterocycles. The summed E-state index contributed by atoms with van der Waals surface area (Å²) in [4.78, 5) is 27.8. The van der Waals surface area contributed by atoms with Gasteiger partial charge >= 0.3 is 0 Å². The summed E-state index contributed by atoms with van der Waals surface area (Å²) in [5.41, 5.74) is 0.990. The van der Waals surface area contributed by atoms with Gasteiger partial charge in [-0.15, -0.1) is 0 Å². The van der Waals surface area contributed by atoms with Gasteiger partial charge in [0.1, 0.15) is 0 Å². The van der Waals surface area contributed by atoms with E-state index in [0.717, 1.165) is 18.7 Å². The second kappa shape index (κ2) is 5.97. The number of likely N-dealkylation sites (N-methyl/N-ethyl adjacent to an activating group) is 1. The minimum absolute atomic E-state index is 0.0578. The van der Waals surface area contributed by atoms with Crippen LogP contribution in [0, 0.1) is 0 Å². The molecule has 1 fully saturated rings. The minimum Gasteiger partial charge on any atom is -0.292 e. The van der Waals surface area contributed by atoms with Crippen LogP contribution >= 0.6 is 0 Å². The first-order valence-electron chi connectivity index (χ1n) is 6.79. The van der Waals surface area contributed by atoms with E-state index in [2.05, 4.69) is 0 Å². The maximum atomic E-state index is 12.3. The zero-order valence-corrected chi connectivity index (χ0v) is 11.5. The van der Waals surface area contributed by atoms with Gasteiger partial charge < -0.3 is 0 Å². The van der Waals surface area contributed by atoms with Gasteiger partial charge in [-0.2, -0.15) is 0 Å². The highest BCUT2D eigenvalue weighted by atomic mass is 16.2. The van der Waals surface area contributed by atoms with Gasteiger partial charge in [-0.1, -0.05) is 44.2 Å². The van der Waals surface area contributed by atoms with E-state index < -0.39 is 0 Å². The Morgan fingerprint density at radius 3 is 2.37 bits per heavy atom. The van der Waals surface area contributed by atoms with Gasteiger partial charge in [-0.25, -0.2) is 0 Å². The zero-order valence-electron chi connectivity index (χ0n) is 11.5. The average Bonchev–Trinajstić information content (AvgIpc) is 2.70. The summed E-state index contributed by atoms with van der Waals surface area (Å²) < 4.78 is 0. The molecule has 0 unspecified atom stereocenters. The number of carbonyl (C=O) groups is 2. The Balaban J connectivity index is 2.11. The lowest BCUT2D eigenvalue weighted by Gasteiger charge is -2.24. The first kappa shape index (κ1) is 13.7. The van der Waals surface area contributed by atoms with Crippen molar-refractivity contribution < 1.29 is 9.59 Å². The smallest absolute Gasteiger partial charge is 0.247 e. The quantitative estimate of drug-likeness (QED) is 0.756. The lowest BCUT2D eigenvalue weighted by molar-refractivity contribution is -0.140. The molecule has 0 aliphatic carbocycles. The van der Waals surface area contributed by atoms with Gasteiger partial charge in [0.15, 0.2) is 0 Å². The molecule has 0 radical (unpaired) electrons. The topological polar surface area (TPSA) is 40.6 Å². The SMILES string of the molecule is CCN(CC)[C@H]1CC(=O)N(Cc2ccccc2)C1=O. The number of rotatable bonds is 5. The van der Waals surface area contributed by atoms with Crippen LogP contribution < -0.4 is 0 Å². The summed E-state index contributed by atoms with van der Waals surface area (Å²) in [5.74, 6) is -0.122. The largest absolute Gasteiger partial charge is 0.292 e. The third-order valence-corrected chi connectivity index (χ3v) is 3.66. The van der Waals surface area contributed by atoms with Gasteiger partial charge in [-0.05, 0) is 18.7 Å². The molecule has 1 aliphatic rings. The highest BCUT2D eigenvalue weighted by Gasteiger charge is 2.40. The van der Waals surface area contributed by atoms with Crippen molar-refractivity contribution in [1.82, 2.24) is 9.80 Å². The second-order valence-corrected chi connectivity index (χ2v) is 4.74. The number of hydrogen-bond donors (Lipinski definition) is 0. The number of benzene rings is 1. The summed E-state index contributed by atoms with van der Waals surface area (Å²) in [6.07, 6.45) is 0.313. The van der Waals surface area contributed by atoms with Crippen LogP contribution in [0.4, 0.5) is 0 Å². The maximum Gasteiger partial charge on any atom is 0.247 e. The molecule has 1 aliphatic heterocycles. The third kappa shape index (κ3) is 2.84. The van der Waals surface area contributed by atoms with Crippen LogP contribution in [0.15, 0.2) is 30.3 Å². The number of likely N-dealkylation sites (tertiary alicyclic amines) is 1. The molecule has 2 amide bonds. The summed E-state index contributed by atoms with van der Waals surface area (Å²) >= 11 is 0. The predicted molar refractivity (Wildman–Crippen MR) is 73.3 cm³/mol. The van der Waals surface area contributed by atoms with E-state index in [1.54, 1.807) is 0 Å². The number of hydrogen-bond acceptors (Lipinski definition) is 3. The molecular formula is C15H20N2O2. The van der Waals surface area contributed by atoms with E-state index in [1.807, 2.05) is 49.1 Å². The number of nitrogens with zero attached hydrogens (tertiary/aromatic N) is 2. The summed E-state index contributed by atoms with van der Waals surface area (Å²) in [5, 5.41) is 0. The molecule has 4 nitrogen and oxygen atoms in total. The number of amides is 2. The van der Waals surface area contributed by atoms with Gasteiger partial charge in [0.2, 0.25) is 11.8 Å². The zero-order chi connectivity index (χ0) is 13.8. The third-order valence-electron chi connectivity index (χ3n) is 3.66. The lowest BCUT2D eigenvalue weighted by Crippen LogP contribution is -2.41. The van der Waals surface area contributed by atoms with E-state index in [9.17, 15) is 9.59 Å². The van der Waals surface area contributed by atoms with Crippen molar-refractivity contribution in [2.24, 2.45) is 0 Å². The summed E-state index contributed by atoms with van der Waals surface area (Å²) in [7, 11) is 0. The van der Waals surface area contributed by atoms with Gasteiger partial charge in [0, 0.05) is 0 Å². The Morgan fingerprint density at radius 1 is 1.16 bits per heavy atom. The summed E-state index contributed by atoms with van der Waals surface area (Å²) in [6.45, 7) is 6.00. The Hall–Kier alpha value is -1.68. The Kier molecular flexibility index (Phi) is 4.32. The van der Waals surface area contributed by atoms with Gasteiger partial charge in [-0.3, -0.25) is 19.4 Å². The van der Waals surface area contributed by atoms with E-state index in [0.29, 0.717) is 13.0 Å². The van der Waals surface area contributed by atoms with Crippen LogP contribution in [0.1, 0.15) is 25.8 Å². The van der Waals surface area contributed by atoms with Crippen molar-refractivity contribution in [2.75, 3.05) is 13.1 Å². The monoisotopic (exact) mass is 260 g/mol. The van der Waals surface area contributed by atoms with Crippen molar-refractivity contribution in [3.05, 3.63) is 35.9 Å². The molecule has 0 saturated carbocycles. The maximum absolute atomic E-state index is 12.3. The Bertz CT molecular complexity index is 454. The first-order chi connectivity index (χ1) is 9.17. The Labute approximate surface area is 114 Å². The standard InChI is InChI=1S/C15H20N2O2/c1-3-16(4-2)13-10-14(18)17(15(13)19)11-12-8-6-5-7-9-12/h5-9,13H,3-4,10-11H2,1-2H3/t13-/m0/s1. The van der Waals surface area contributed by atoms with E-state index in [-0.39, 0.29) is 17.9 Å². The van der Waals surface area contributed by atoms with Crippen molar-refractivity contribution in [1.29, 1.82) is 0 Å². The number of imide groups is 1. The van der Waals surface area contributed by atoms with Crippen LogP contribution in [0.3, 0.4) is 0 Å². The van der Waals surface area contributed by atoms with E-state index >= 15 is 0 Å². The first-order valence-corrected chi connectivity index (χ1v) is 6.79. The van der Waals surface area contributed by atoms with Gasteiger partial charge in [0.05, 0.1) is 19.0 Å². The molecule has 4 heteroatoms. The van der Waals surface area contributed by atoms with Crippen LogP contribution in [0.5, 0.6) is 0 Å². The normalized spacial score (nSPS) is 19.5. The van der Waals surface area contributed by atoms with Crippen LogP contribution in [0.2, 0.25) is 0 Å². The molecule has 0 aromatic heterocycles. The molecule has 2 rings (SSSR count). The summed E-state index contributed by atoms with van der Waals surface area (Å²) in [6, 6.07) is 9.36. The molecule has 1 atom stereocenters. The minimum atomic E-state index is -0.272.